The third-order valence-electron chi connectivity index (χ3n) is 2.96. The van der Waals surface area contributed by atoms with Crippen molar-refractivity contribution in [2.75, 3.05) is 5.32 Å². The Balaban J connectivity index is 2.02. The van der Waals surface area contributed by atoms with E-state index in [1.54, 1.807) is 6.07 Å². The lowest BCUT2D eigenvalue weighted by molar-refractivity contribution is -0.115. The van der Waals surface area contributed by atoms with Gasteiger partial charge < -0.3 is 9.73 Å². The quantitative estimate of drug-likeness (QED) is 0.741. The number of halogens is 3. The minimum atomic E-state index is -0.401. The molecule has 1 aliphatic rings. The fourth-order valence-corrected chi connectivity index (χ4v) is 3.40. The Morgan fingerprint density at radius 1 is 1.32 bits per heavy atom. The Morgan fingerprint density at radius 3 is 2.79 bits per heavy atom. The molecule has 3 nitrogen and oxygen atoms in total. The Hall–Kier alpha value is -0.780. The smallest absolute Gasteiger partial charge is 0.228 e. The number of nitrogens with one attached hydrogen (secondary N) is 1. The number of carbonyl (C=O) groups is 1. The van der Waals surface area contributed by atoms with Crippen LogP contribution < -0.4 is 5.32 Å². The summed E-state index contributed by atoms with van der Waals surface area (Å²) in [5.41, 5.74) is 2.68. The molecule has 0 spiro atoms. The Bertz CT molecular complexity index is 669. The van der Waals surface area contributed by atoms with Crippen molar-refractivity contribution in [2.45, 2.75) is 11.8 Å². The van der Waals surface area contributed by atoms with E-state index >= 15 is 0 Å². The van der Waals surface area contributed by atoms with Crippen molar-refractivity contribution in [3.8, 4) is 0 Å². The van der Waals surface area contributed by atoms with E-state index in [0.717, 1.165) is 21.3 Å². The first-order chi connectivity index (χ1) is 9.04. The van der Waals surface area contributed by atoms with E-state index in [2.05, 4.69) is 37.2 Å². The first-order valence-electron chi connectivity index (χ1n) is 5.56. The highest BCUT2D eigenvalue weighted by atomic mass is 79.9. The van der Waals surface area contributed by atoms with Crippen LogP contribution in [0.1, 0.15) is 22.3 Å². The van der Waals surface area contributed by atoms with Gasteiger partial charge in [0.1, 0.15) is 11.1 Å². The molecule has 0 fully saturated rings. The summed E-state index contributed by atoms with van der Waals surface area (Å²) in [7, 11) is 0. The molecule has 1 atom stereocenters. The lowest BCUT2D eigenvalue weighted by Gasteiger charge is -2.11. The largest absolute Gasteiger partial charge is 0.452 e. The molecule has 1 N–H and O–H groups in total. The summed E-state index contributed by atoms with van der Waals surface area (Å²) in [5, 5.41) is 2.40. The predicted octanol–water partition coefficient (Wildman–Crippen LogP) is 4.63. The average Bonchev–Trinajstić information content (AvgIpc) is 2.92. The topological polar surface area (TPSA) is 42.2 Å². The predicted molar refractivity (Wildman–Crippen MR) is 80.6 cm³/mol. The van der Waals surface area contributed by atoms with Gasteiger partial charge in [0, 0.05) is 10.2 Å². The van der Waals surface area contributed by atoms with Gasteiger partial charge >= 0.3 is 0 Å². The highest BCUT2D eigenvalue weighted by Gasteiger charge is 2.24. The van der Waals surface area contributed by atoms with Gasteiger partial charge in [0.05, 0.1) is 6.42 Å². The Labute approximate surface area is 131 Å². The summed E-state index contributed by atoms with van der Waals surface area (Å²) in [5.74, 6) is 0.664. The zero-order valence-electron chi connectivity index (χ0n) is 9.54. The van der Waals surface area contributed by atoms with Crippen molar-refractivity contribution in [3.05, 3.63) is 50.3 Å². The van der Waals surface area contributed by atoms with Crippen LogP contribution in [0.3, 0.4) is 0 Å². The molecule has 19 heavy (non-hydrogen) atoms. The summed E-state index contributed by atoms with van der Waals surface area (Å²) >= 11 is 13.2. The molecule has 1 aromatic heterocycles. The summed E-state index contributed by atoms with van der Waals surface area (Å²) in [6, 6.07) is 7.44. The van der Waals surface area contributed by atoms with Crippen LogP contribution in [0.2, 0.25) is 0 Å². The summed E-state index contributed by atoms with van der Waals surface area (Å²) in [6.45, 7) is 0. The maximum atomic E-state index is 11.4. The van der Waals surface area contributed by atoms with Crippen LogP contribution in [0.15, 0.2) is 37.8 Å². The number of rotatable bonds is 2. The molecule has 1 unspecified atom stereocenters. The first kappa shape index (κ1) is 13.2. The van der Waals surface area contributed by atoms with Crippen LogP contribution in [0, 0.1) is 0 Å². The van der Waals surface area contributed by atoms with Gasteiger partial charge in [-0.25, -0.2) is 0 Å². The van der Waals surface area contributed by atoms with Crippen molar-refractivity contribution in [3.63, 3.8) is 0 Å². The van der Waals surface area contributed by atoms with E-state index < -0.39 is 5.38 Å². The van der Waals surface area contributed by atoms with Crippen molar-refractivity contribution < 1.29 is 9.21 Å². The van der Waals surface area contributed by atoms with Crippen molar-refractivity contribution in [1.82, 2.24) is 0 Å². The molecular formula is C13H8Br2ClNO2. The number of hydrogen-bond acceptors (Lipinski definition) is 2. The molecule has 0 saturated carbocycles. The normalized spacial score (nSPS) is 15.2. The molecule has 1 amide bonds. The summed E-state index contributed by atoms with van der Waals surface area (Å²) < 4.78 is 6.97. The maximum absolute atomic E-state index is 11.4. The van der Waals surface area contributed by atoms with Gasteiger partial charge in [0.2, 0.25) is 5.91 Å². The molecule has 6 heteroatoms. The maximum Gasteiger partial charge on any atom is 0.228 e. The molecule has 0 saturated heterocycles. The first-order valence-corrected chi connectivity index (χ1v) is 7.58. The van der Waals surface area contributed by atoms with Crippen molar-refractivity contribution >= 4 is 55.1 Å². The van der Waals surface area contributed by atoms with Gasteiger partial charge in [-0.05, 0) is 45.3 Å². The zero-order valence-corrected chi connectivity index (χ0v) is 13.5. The number of hydrogen-bond donors (Lipinski definition) is 1. The molecule has 1 aliphatic heterocycles. The third kappa shape index (κ3) is 2.47. The molecule has 1 aromatic carbocycles. The third-order valence-corrected chi connectivity index (χ3v) is 4.53. The molecule has 2 aromatic rings. The van der Waals surface area contributed by atoms with Gasteiger partial charge in [-0.15, -0.1) is 11.6 Å². The molecular weight excluding hydrogens is 397 g/mol. The van der Waals surface area contributed by atoms with Crippen LogP contribution in [0.4, 0.5) is 5.69 Å². The van der Waals surface area contributed by atoms with E-state index in [4.69, 9.17) is 16.0 Å². The molecule has 0 aliphatic carbocycles. The summed E-state index contributed by atoms with van der Waals surface area (Å²) in [4.78, 5) is 11.4. The highest BCUT2D eigenvalue weighted by molar-refractivity contribution is 9.10. The van der Waals surface area contributed by atoms with Gasteiger partial charge in [0.15, 0.2) is 4.67 Å². The standard InChI is InChI=1S/C13H8Br2ClNO2/c14-8-5-9-6(4-12(18)17-9)3-7(8)13(16)10-1-2-11(15)19-10/h1-3,5,13H,4H2,(H,17,18). The van der Waals surface area contributed by atoms with Crippen LogP contribution in [-0.2, 0) is 11.2 Å². The van der Waals surface area contributed by atoms with Gasteiger partial charge in [-0.2, -0.15) is 0 Å². The molecule has 2 heterocycles. The van der Waals surface area contributed by atoms with E-state index in [0.29, 0.717) is 16.9 Å². The number of amides is 1. The second-order valence-corrected chi connectivity index (χ2v) is 6.33. The van der Waals surface area contributed by atoms with Crippen LogP contribution in [0.25, 0.3) is 0 Å². The lowest BCUT2D eigenvalue weighted by atomic mass is 10.0. The van der Waals surface area contributed by atoms with Gasteiger partial charge in [0.25, 0.3) is 0 Å². The number of alkyl halides is 1. The second kappa shape index (κ2) is 4.96. The molecule has 98 valence electrons. The number of carbonyl (C=O) groups excluding carboxylic acids is 1. The fourth-order valence-electron chi connectivity index (χ4n) is 2.08. The number of benzene rings is 1. The van der Waals surface area contributed by atoms with Gasteiger partial charge in [-0.3, -0.25) is 4.79 Å². The van der Waals surface area contributed by atoms with Crippen molar-refractivity contribution in [1.29, 1.82) is 0 Å². The SMILES string of the molecule is O=C1Cc2cc(C(Cl)c3ccc(Br)o3)c(Br)cc2N1. The number of furan rings is 1. The van der Waals surface area contributed by atoms with E-state index in [-0.39, 0.29) is 5.91 Å². The molecule has 0 radical (unpaired) electrons. The minimum Gasteiger partial charge on any atom is -0.452 e. The fraction of sp³-hybridized carbons (Fsp3) is 0.154. The Kier molecular flexibility index (Phi) is 3.45. The highest BCUT2D eigenvalue weighted by Crippen LogP contribution is 2.39. The molecule has 3 rings (SSSR count). The van der Waals surface area contributed by atoms with Gasteiger partial charge in [-0.1, -0.05) is 22.0 Å². The van der Waals surface area contributed by atoms with Crippen molar-refractivity contribution in [2.24, 2.45) is 0 Å². The van der Waals surface area contributed by atoms with Crippen LogP contribution in [0.5, 0.6) is 0 Å². The van der Waals surface area contributed by atoms with Crippen LogP contribution in [-0.4, -0.2) is 5.91 Å². The second-order valence-electron chi connectivity index (χ2n) is 4.26. The van der Waals surface area contributed by atoms with E-state index in [1.165, 1.54) is 0 Å². The summed E-state index contributed by atoms with van der Waals surface area (Å²) in [6.07, 6.45) is 0.390. The minimum absolute atomic E-state index is 0.00548. The number of anilines is 1. The molecule has 0 bridgehead atoms. The Morgan fingerprint density at radius 2 is 2.11 bits per heavy atom. The van der Waals surface area contributed by atoms with E-state index in [9.17, 15) is 4.79 Å². The number of fused-ring (bicyclic) bond motifs is 1. The average molecular weight is 405 g/mol. The monoisotopic (exact) mass is 403 g/mol. The lowest BCUT2D eigenvalue weighted by Crippen LogP contribution is -2.03. The zero-order chi connectivity index (χ0) is 13.6. The van der Waals surface area contributed by atoms with E-state index in [1.807, 2.05) is 18.2 Å². The van der Waals surface area contributed by atoms with Crippen LogP contribution >= 0.6 is 43.5 Å².